The quantitative estimate of drug-likeness (QED) is 0.143. The highest BCUT2D eigenvalue weighted by atomic mass is 32.1. The third kappa shape index (κ3) is 11.3. The van der Waals surface area contributed by atoms with Crippen LogP contribution in [0.3, 0.4) is 0 Å². The number of hydrogen-bond donors (Lipinski definition) is 0. The summed E-state index contributed by atoms with van der Waals surface area (Å²) in [4.78, 5) is 47.0. The topological polar surface area (TPSA) is 142 Å². The second-order valence-corrected chi connectivity index (χ2v) is 26.6. The van der Waals surface area contributed by atoms with Gasteiger partial charge in [-0.15, -0.1) is 34.0 Å². The summed E-state index contributed by atoms with van der Waals surface area (Å²) in [7, 11) is 0. The van der Waals surface area contributed by atoms with E-state index in [0.29, 0.717) is 52.4 Å². The van der Waals surface area contributed by atoms with Crippen LogP contribution < -0.4 is 0 Å². The predicted octanol–water partition coefficient (Wildman–Crippen LogP) is 22.3. The highest BCUT2D eigenvalue weighted by Gasteiger charge is 2.21. The number of thiophene rings is 3. The van der Waals surface area contributed by atoms with Gasteiger partial charge in [0, 0.05) is 112 Å². The van der Waals surface area contributed by atoms with Gasteiger partial charge in [-0.3, -0.25) is 4.98 Å². The summed E-state index contributed by atoms with van der Waals surface area (Å²) in [5.74, 6) is 6.17. The zero-order valence-electron chi connectivity index (χ0n) is 52.6. The van der Waals surface area contributed by atoms with E-state index in [0.717, 1.165) is 77.6 Å². The molecule has 0 fully saturated rings. The van der Waals surface area contributed by atoms with Crippen molar-refractivity contribution in [1.29, 1.82) is 0 Å². The Labute approximate surface area is 568 Å². The van der Waals surface area contributed by atoms with E-state index >= 15 is 0 Å². The monoisotopic (exact) mass is 1300 g/mol. The maximum atomic E-state index is 6.24. The van der Waals surface area contributed by atoms with E-state index in [9.17, 15) is 0 Å². The second kappa shape index (κ2) is 25.1. The zero-order valence-corrected chi connectivity index (χ0v) is 55.0. The molecule has 0 amide bonds. The van der Waals surface area contributed by atoms with Crippen LogP contribution in [0.5, 0.6) is 0 Å². The first-order valence-corrected chi connectivity index (χ1v) is 34.2. The summed E-state index contributed by atoms with van der Waals surface area (Å²) < 4.78 is 13.6. The molecule has 0 saturated carbocycles. The molecule has 97 heavy (non-hydrogen) atoms. The van der Waals surface area contributed by atoms with Crippen LogP contribution in [-0.4, -0.2) is 49.8 Å². The molecule has 0 unspecified atom stereocenters. The highest BCUT2D eigenvalue weighted by Crippen LogP contribution is 2.44. The fraction of sp³-hybridized carbons (Fsp3) is 0.0361. The molecule has 11 nitrogen and oxygen atoms in total. The summed E-state index contributed by atoms with van der Waals surface area (Å²) in [5, 5.41) is 9.67. The fourth-order valence-corrected chi connectivity index (χ4v) is 16.4. The van der Waals surface area contributed by atoms with Gasteiger partial charge in [0.1, 0.15) is 28.6 Å². The number of pyridine rings is 1. The molecule has 0 N–H and O–H groups in total. The lowest BCUT2D eigenvalue weighted by atomic mass is 9.96. The van der Waals surface area contributed by atoms with Gasteiger partial charge in [-0.25, -0.2) is 44.9 Å². The third-order valence-electron chi connectivity index (χ3n) is 17.2. The third-order valence-corrected chi connectivity index (χ3v) is 20.8. The minimum Gasteiger partial charge on any atom is -0.455 e. The second-order valence-electron chi connectivity index (χ2n) is 23.5. The smallest absolute Gasteiger partial charge is 0.167 e. The van der Waals surface area contributed by atoms with Gasteiger partial charge in [-0.05, 0) is 122 Å². The van der Waals surface area contributed by atoms with Crippen LogP contribution >= 0.6 is 34.0 Å². The molecule has 8 heterocycles. The molecule has 0 aliphatic rings. The molecule has 19 aromatic rings. The van der Waals surface area contributed by atoms with Crippen molar-refractivity contribution in [2.45, 2.75) is 20.8 Å². The molecule has 0 saturated heterocycles. The van der Waals surface area contributed by atoms with Crippen molar-refractivity contribution in [3.05, 3.63) is 291 Å². The van der Waals surface area contributed by atoms with Gasteiger partial charge in [-0.1, -0.05) is 182 Å². The number of benzene rings is 11. The van der Waals surface area contributed by atoms with Crippen molar-refractivity contribution in [2.24, 2.45) is 0 Å². The lowest BCUT2D eigenvalue weighted by Gasteiger charge is -2.12. The molecule has 0 aliphatic heterocycles. The molecule has 19 rings (SSSR count). The number of furan rings is 1. The van der Waals surface area contributed by atoms with Gasteiger partial charge < -0.3 is 4.42 Å². The first-order valence-electron chi connectivity index (χ1n) is 31.8. The van der Waals surface area contributed by atoms with E-state index in [1.165, 1.54) is 60.5 Å². The van der Waals surface area contributed by atoms with Crippen molar-refractivity contribution in [1.82, 2.24) is 49.8 Å². The Morgan fingerprint density at radius 2 is 0.588 bits per heavy atom. The maximum absolute atomic E-state index is 6.24. The number of rotatable bonds is 8. The zero-order chi connectivity index (χ0) is 64.9. The molecular formula is C83H54N10OS3. The number of hydrogen-bond acceptors (Lipinski definition) is 14. The minimum atomic E-state index is 0.625. The molecule has 14 heteroatoms. The first kappa shape index (κ1) is 58.8. The molecule has 0 bridgehead atoms. The Bertz CT molecular complexity index is 6020. The summed E-state index contributed by atoms with van der Waals surface area (Å²) in [5.41, 5.74) is 12.1. The Kier molecular flexibility index (Phi) is 15.2. The SMILES string of the molecule is Cc1nc(-c2cc(-c3ccccc3)cc(-c3ccccc3)c2)nc(-c2cccc3c2sc2ccccc23)n1.Cc1nc(-c2cccc3c2oc2ccccc23)nc(-c2cccc3c2sc2ccccc23)n1.Cc1nc(-c2ccncc2)nc(-c2cccc3c2sc2ccccc23)n1. The summed E-state index contributed by atoms with van der Waals surface area (Å²) >= 11 is 5.35. The Balaban J connectivity index is 0.000000112. The molecule has 0 atom stereocenters. The van der Waals surface area contributed by atoms with Crippen LogP contribution in [0, 0.1) is 20.8 Å². The van der Waals surface area contributed by atoms with Crippen LogP contribution in [0.15, 0.2) is 278 Å². The molecule has 0 spiro atoms. The lowest BCUT2D eigenvalue weighted by Crippen LogP contribution is -2.00. The standard InChI is InChI=1S/C34H23N3S.C28H17N3OS.C21H14N4S/c1-22-35-33(37-34(36-22)30-17-10-16-29-28-15-8-9-18-31(28)38-32(29)30)27-20-25(23-11-4-2-5-12-23)19-26(21-27)24-13-6-3-7-14-24;1-16-29-27(21-12-6-10-19-17-8-2-4-14-23(17)32-25(19)21)31-28(30-16)22-13-7-11-20-18-9-3-5-15-24(18)33-26(20)22;1-13-23-20(14-9-11-22-12-10-14)25-21(24-13)17-7-4-6-16-15-5-2-3-8-18(15)26-19(16)17/h2-21H,1H3;2-15H,1H3;2-12H,1H3. The van der Waals surface area contributed by atoms with Gasteiger partial charge in [-0.2, -0.15) is 0 Å². The number of nitrogens with zero attached hydrogens (tertiary/aromatic N) is 10. The first-order chi connectivity index (χ1) is 47.8. The highest BCUT2D eigenvalue weighted by molar-refractivity contribution is 7.27. The van der Waals surface area contributed by atoms with Gasteiger partial charge in [0.05, 0.1) is 5.56 Å². The molecule has 0 radical (unpaired) electrons. The predicted molar refractivity (Wildman–Crippen MR) is 401 cm³/mol. The normalized spacial score (nSPS) is 11.5. The van der Waals surface area contributed by atoms with E-state index in [1.807, 2.05) is 75.4 Å². The average molecular weight is 1300 g/mol. The van der Waals surface area contributed by atoms with E-state index in [4.69, 9.17) is 39.3 Å². The fourth-order valence-electron chi connectivity index (χ4n) is 12.7. The number of fused-ring (bicyclic) bond motifs is 12. The Morgan fingerprint density at radius 3 is 1.05 bits per heavy atom. The summed E-state index contributed by atoms with van der Waals surface area (Å²) in [6, 6.07) is 90.1. The van der Waals surface area contributed by atoms with E-state index < -0.39 is 0 Å². The van der Waals surface area contributed by atoms with Crippen molar-refractivity contribution in [2.75, 3.05) is 0 Å². The molecule has 11 aromatic carbocycles. The van der Waals surface area contributed by atoms with E-state index in [1.54, 1.807) is 46.4 Å². The molecule has 0 aliphatic carbocycles. The number of aryl methyl sites for hydroxylation is 3. The number of para-hydroxylation sites is 2. The van der Waals surface area contributed by atoms with Gasteiger partial charge in [0.2, 0.25) is 0 Å². The number of aromatic nitrogens is 10. The van der Waals surface area contributed by atoms with Crippen LogP contribution in [0.25, 0.3) is 173 Å². The van der Waals surface area contributed by atoms with Crippen LogP contribution in [-0.2, 0) is 0 Å². The van der Waals surface area contributed by atoms with E-state index in [2.05, 4.69) is 221 Å². The van der Waals surface area contributed by atoms with E-state index in [-0.39, 0.29) is 0 Å². The summed E-state index contributed by atoms with van der Waals surface area (Å²) in [6.07, 6.45) is 3.50. The Hall–Kier alpha value is -11.9. The maximum Gasteiger partial charge on any atom is 0.167 e. The van der Waals surface area contributed by atoms with Crippen molar-refractivity contribution < 1.29 is 4.42 Å². The lowest BCUT2D eigenvalue weighted by molar-refractivity contribution is 0.669. The van der Waals surface area contributed by atoms with Gasteiger partial charge >= 0.3 is 0 Å². The average Bonchev–Trinajstić information content (AvgIpc) is 1.69. The van der Waals surface area contributed by atoms with Crippen molar-refractivity contribution in [3.8, 4) is 90.6 Å². The molecular weight excluding hydrogens is 1250 g/mol. The van der Waals surface area contributed by atoms with Gasteiger partial charge in [0.15, 0.2) is 34.9 Å². The van der Waals surface area contributed by atoms with Crippen molar-refractivity contribution in [3.63, 3.8) is 0 Å². The minimum absolute atomic E-state index is 0.625. The van der Waals surface area contributed by atoms with Gasteiger partial charge in [0.25, 0.3) is 0 Å². The molecule has 460 valence electrons. The Morgan fingerprint density at radius 1 is 0.247 bits per heavy atom. The molecule has 8 aromatic heterocycles. The van der Waals surface area contributed by atoms with Crippen LogP contribution in [0.2, 0.25) is 0 Å². The van der Waals surface area contributed by atoms with Crippen molar-refractivity contribution >= 4 is 116 Å². The largest absolute Gasteiger partial charge is 0.455 e. The summed E-state index contributed by atoms with van der Waals surface area (Å²) in [6.45, 7) is 5.76. The van der Waals surface area contributed by atoms with Crippen LogP contribution in [0.1, 0.15) is 17.5 Å². The van der Waals surface area contributed by atoms with Crippen LogP contribution in [0.4, 0.5) is 0 Å².